The zero-order valence-corrected chi connectivity index (χ0v) is 14.1. The maximum atomic E-state index is 12.6. The van der Waals surface area contributed by atoms with Crippen LogP contribution in [0.3, 0.4) is 0 Å². The van der Waals surface area contributed by atoms with Gasteiger partial charge in [-0.3, -0.25) is 0 Å². The summed E-state index contributed by atoms with van der Waals surface area (Å²) in [5, 5.41) is 4.40. The second-order valence-corrected chi connectivity index (χ2v) is 6.09. The van der Waals surface area contributed by atoms with Gasteiger partial charge in [-0.1, -0.05) is 42.5 Å². The van der Waals surface area contributed by atoms with E-state index >= 15 is 0 Å². The highest BCUT2D eigenvalue weighted by atomic mass is 16.4. The maximum absolute atomic E-state index is 12.6. The summed E-state index contributed by atoms with van der Waals surface area (Å²) < 4.78 is 5.53. The van der Waals surface area contributed by atoms with Gasteiger partial charge < -0.3 is 14.6 Å². The van der Waals surface area contributed by atoms with Gasteiger partial charge in [-0.15, -0.1) is 0 Å². The molecule has 0 bridgehead atoms. The lowest BCUT2D eigenvalue weighted by molar-refractivity contribution is 0.405. The van der Waals surface area contributed by atoms with Gasteiger partial charge in [0.1, 0.15) is 5.58 Å². The summed E-state index contributed by atoms with van der Waals surface area (Å²) in [5.74, 6) is 0. The third kappa shape index (κ3) is 3.49. The zero-order valence-electron chi connectivity index (χ0n) is 14.1. The molecule has 0 spiro atoms. The molecule has 4 heteroatoms. The normalized spacial score (nSPS) is 11.1. The molecule has 4 nitrogen and oxygen atoms in total. The smallest absolute Gasteiger partial charge is 0.346 e. The van der Waals surface area contributed by atoms with Crippen LogP contribution in [-0.2, 0) is 0 Å². The molecule has 1 N–H and O–H groups in total. The minimum absolute atomic E-state index is 0.310. The Morgan fingerprint density at radius 3 is 2.46 bits per heavy atom. The lowest BCUT2D eigenvalue weighted by Crippen LogP contribution is -2.17. The Labute approximate surface area is 141 Å². The van der Waals surface area contributed by atoms with Crippen molar-refractivity contribution in [1.29, 1.82) is 0 Å². The minimum Gasteiger partial charge on any atom is -0.422 e. The van der Waals surface area contributed by atoms with E-state index in [4.69, 9.17) is 4.42 Å². The molecule has 3 aromatic rings. The van der Waals surface area contributed by atoms with E-state index < -0.39 is 0 Å². The predicted octanol–water partition coefficient (Wildman–Crippen LogP) is 3.82. The number of para-hydroxylation sites is 1. The molecule has 0 aliphatic heterocycles. The fourth-order valence-corrected chi connectivity index (χ4v) is 2.81. The molecule has 0 atom stereocenters. The van der Waals surface area contributed by atoms with Crippen LogP contribution in [-0.4, -0.2) is 32.1 Å². The van der Waals surface area contributed by atoms with Gasteiger partial charge in [0.05, 0.1) is 11.3 Å². The molecular weight excluding hydrogens is 300 g/mol. The summed E-state index contributed by atoms with van der Waals surface area (Å²) in [6.07, 6.45) is 0.996. The summed E-state index contributed by atoms with van der Waals surface area (Å²) in [7, 11) is 4.11. The van der Waals surface area contributed by atoms with Crippen molar-refractivity contribution >= 4 is 16.7 Å². The van der Waals surface area contributed by atoms with Crippen LogP contribution in [0.5, 0.6) is 0 Å². The quantitative estimate of drug-likeness (QED) is 0.553. The maximum Gasteiger partial charge on any atom is 0.346 e. The number of hydrogen-bond acceptors (Lipinski definition) is 4. The molecule has 2 aromatic carbocycles. The topological polar surface area (TPSA) is 45.5 Å². The molecule has 3 rings (SSSR count). The zero-order chi connectivity index (χ0) is 16.9. The number of nitrogens with one attached hydrogen (secondary N) is 1. The van der Waals surface area contributed by atoms with Gasteiger partial charge in [-0.2, -0.15) is 0 Å². The molecule has 0 radical (unpaired) electrons. The van der Waals surface area contributed by atoms with E-state index in [-0.39, 0.29) is 5.63 Å². The molecule has 0 saturated carbocycles. The Hall–Kier alpha value is -2.59. The average molecular weight is 322 g/mol. The Bertz CT molecular complexity index is 870. The van der Waals surface area contributed by atoms with Crippen molar-refractivity contribution < 1.29 is 4.42 Å². The molecule has 1 aromatic heterocycles. The van der Waals surface area contributed by atoms with Gasteiger partial charge in [0.25, 0.3) is 0 Å². The van der Waals surface area contributed by atoms with Gasteiger partial charge in [-0.25, -0.2) is 4.79 Å². The van der Waals surface area contributed by atoms with Crippen molar-refractivity contribution in [2.45, 2.75) is 6.42 Å². The van der Waals surface area contributed by atoms with Crippen LogP contribution in [0.25, 0.3) is 22.1 Å². The summed E-state index contributed by atoms with van der Waals surface area (Å²) >= 11 is 0. The third-order valence-electron chi connectivity index (χ3n) is 3.96. The van der Waals surface area contributed by atoms with E-state index in [0.717, 1.165) is 36.1 Å². The lowest BCUT2D eigenvalue weighted by Gasteiger charge is -2.15. The van der Waals surface area contributed by atoms with Crippen LogP contribution in [0.15, 0.2) is 63.8 Å². The molecule has 0 unspecified atom stereocenters. The van der Waals surface area contributed by atoms with Crippen molar-refractivity contribution in [3.63, 3.8) is 0 Å². The molecule has 0 aliphatic carbocycles. The number of rotatable bonds is 6. The van der Waals surface area contributed by atoms with Crippen molar-refractivity contribution in [2.24, 2.45) is 0 Å². The molecule has 1 heterocycles. The van der Waals surface area contributed by atoms with E-state index in [9.17, 15) is 4.79 Å². The Kier molecular flexibility index (Phi) is 4.96. The van der Waals surface area contributed by atoms with Crippen LogP contribution in [0.1, 0.15) is 6.42 Å². The van der Waals surface area contributed by atoms with Gasteiger partial charge in [0.2, 0.25) is 0 Å². The van der Waals surface area contributed by atoms with Gasteiger partial charge in [0, 0.05) is 11.9 Å². The van der Waals surface area contributed by atoms with Crippen molar-refractivity contribution in [2.75, 3.05) is 32.5 Å². The molecule has 0 fully saturated rings. The fraction of sp³-hybridized carbons (Fsp3) is 0.250. The van der Waals surface area contributed by atoms with Crippen molar-refractivity contribution in [3.8, 4) is 11.1 Å². The number of nitrogens with zero attached hydrogens (tertiary/aromatic N) is 1. The Morgan fingerprint density at radius 1 is 1.00 bits per heavy atom. The Morgan fingerprint density at radius 2 is 1.71 bits per heavy atom. The van der Waals surface area contributed by atoms with Crippen LogP contribution in [0.2, 0.25) is 0 Å². The van der Waals surface area contributed by atoms with Gasteiger partial charge >= 0.3 is 5.63 Å². The summed E-state index contributed by atoms with van der Waals surface area (Å²) in [6, 6.07) is 17.3. The van der Waals surface area contributed by atoms with E-state index in [0.29, 0.717) is 11.1 Å². The third-order valence-corrected chi connectivity index (χ3v) is 3.96. The van der Waals surface area contributed by atoms with E-state index in [1.54, 1.807) is 0 Å². The second kappa shape index (κ2) is 7.32. The summed E-state index contributed by atoms with van der Waals surface area (Å²) in [6.45, 7) is 1.79. The minimum atomic E-state index is -0.310. The fourth-order valence-electron chi connectivity index (χ4n) is 2.81. The first kappa shape index (κ1) is 16.3. The monoisotopic (exact) mass is 322 g/mol. The van der Waals surface area contributed by atoms with Crippen LogP contribution >= 0.6 is 0 Å². The van der Waals surface area contributed by atoms with E-state index in [1.165, 1.54) is 0 Å². The first-order valence-corrected chi connectivity index (χ1v) is 8.16. The molecular formula is C20H22N2O2. The first-order valence-electron chi connectivity index (χ1n) is 8.16. The number of benzene rings is 2. The number of hydrogen-bond donors (Lipinski definition) is 1. The molecule has 124 valence electrons. The van der Waals surface area contributed by atoms with Crippen LogP contribution < -0.4 is 10.9 Å². The van der Waals surface area contributed by atoms with Crippen LogP contribution in [0.4, 0.5) is 5.69 Å². The Balaban J connectivity index is 2.06. The van der Waals surface area contributed by atoms with Crippen molar-refractivity contribution in [3.05, 3.63) is 65.0 Å². The average Bonchev–Trinajstić information content (AvgIpc) is 2.59. The summed E-state index contributed by atoms with van der Waals surface area (Å²) in [4.78, 5) is 14.7. The van der Waals surface area contributed by atoms with Crippen molar-refractivity contribution in [1.82, 2.24) is 4.90 Å². The number of anilines is 1. The highest BCUT2D eigenvalue weighted by Gasteiger charge is 2.15. The van der Waals surface area contributed by atoms with E-state index in [2.05, 4.69) is 24.3 Å². The number of fused-ring (bicyclic) bond motifs is 1. The van der Waals surface area contributed by atoms with Crippen LogP contribution in [0, 0.1) is 0 Å². The van der Waals surface area contributed by atoms with Gasteiger partial charge in [0.15, 0.2) is 0 Å². The predicted molar refractivity (Wildman–Crippen MR) is 99.6 cm³/mol. The highest BCUT2D eigenvalue weighted by Crippen LogP contribution is 2.31. The summed E-state index contributed by atoms with van der Waals surface area (Å²) in [5.41, 5.74) is 2.62. The highest BCUT2D eigenvalue weighted by molar-refractivity contribution is 5.97. The first-order chi connectivity index (χ1) is 11.7. The standard InChI is InChI=1S/C20H22N2O2/c1-22(2)14-8-13-21-19-16-11-6-7-12-17(16)24-20(23)18(19)15-9-4-3-5-10-15/h3-7,9-12,21H,8,13-14H2,1-2H3. The molecule has 0 amide bonds. The SMILES string of the molecule is CN(C)CCCNc1c(-c2ccccc2)c(=O)oc2ccccc12. The largest absolute Gasteiger partial charge is 0.422 e. The van der Waals surface area contributed by atoms with Gasteiger partial charge in [-0.05, 0) is 44.8 Å². The lowest BCUT2D eigenvalue weighted by atomic mass is 10.0. The van der Waals surface area contributed by atoms with E-state index in [1.807, 2.05) is 54.6 Å². The molecule has 0 aliphatic rings. The molecule has 24 heavy (non-hydrogen) atoms. The molecule has 0 saturated heterocycles. The second-order valence-electron chi connectivity index (χ2n) is 6.09.